The summed E-state index contributed by atoms with van der Waals surface area (Å²) in [6.07, 6.45) is 2.98. The Morgan fingerprint density at radius 3 is 2.54 bits per heavy atom. The molecule has 0 aromatic heterocycles. The molecule has 0 spiro atoms. The zero-order chi connectivity index (χ0) is 19.1. The van der Waals surface area contributed by atoms with Gasteiger partial charge in [0.15, 0.2) is 0 Å². The minimum absolute atomic E-state index is 0.0933. The van der Waals surface area contributed by atoms with Crippen molar-refractivity contribution in [3.63, 3.8) is 0 Å². The molecule has 2 bridgehead atoms. The monoisotopic (exact) mass is 360 g/mol. The third-order valence-corrected chi connectivity index (χ3v) is 5.52. The lowest BCUT2D eigenvalue weighted by Gasteiger charge is -2.39. The number of amides is 2. The molecule has 1 saturated heterocycles. The molecule has 1 saturated carbocycles. The Bertz CT molecular complexity index is 731. The van der Waals surface area contributed by atoms with E-state index in [1.807, 2.05) is 0 Å². The van der Waals surface area contributed by atoms with Gasteiger partial charge in [-0.25, -0.2) is 0 Å². The summed E-state index contributed by atoms with van der Waals surface area (Å²) in [5.41, 5.74) is 0.716. The summed E-state index contributed by atoms with van der Waals surface area (Å²) in [7, 11) is 3.07. The largest absolute Gasteiger partial charge is 0.497 e. The Kier molecular flexibility index (Phi) is 4.63. The number of rotatable bonds is 3. The van der Waals surface area contributed by atoms with Crippen LogP contribution in [0.4, 0.5) is 5.69 Å². The van der Waals surface area contributed by atoms with Gasteiger partial charge in [0, 0.05) is 18.7 Å². The van der Waals surface area contributed by atoms with Crippen molar-refractivity contribution in [2.45, 2.75) is 46.1 Å². The Hall–Kier alpha value is -2.24. The molecule has 26 heavy (non-hydrogen) atoms. The van der Waals surface area contributed by atoms with Crippen molar-refractivity contribution in [1.29, 1.82) is 0 Å². The van der Waals surface area contributed by atoms with E-state index in [1.165, 1.54) is 7.11 Å². The van der Waals surface area contributed by atoms with Crippen LogP contribution in [0.1, 0.15) is 40.0 Å². The number of benzene rings is 1. The van der Waals surface area contributed by atoms with E-state index in [2.05, 4.69) is 26.1 Å². The molecule has 1 aromatic rings. The smallest absolute Gasteiger partial charge is 0.314 e. The third-order valence-electron chi connectivity index (χ3n) is 5.52. The molecule has 142 valence electrons. The second kappa shape index (κ2) is 6.49. The number of hydrogen-bond donors (Lipinski definition) is 1. The normalized spacial score (nSPS) is 26.3. The van der Waals surface area contributed by atoms with Gasteiger partial charge in [-0.05, 0) is 42.2 Å². The van der Waals surface area contributed by atoms with E-state index in [9.17, 15) is 9.59 Å². The molecule has 1 aliphatic heterocycles. The summed E-state index contributed by atoms with van der Waals surface area (Å²) in [4.78, 5) is 27.2. The number of ether oxygens (including phenoxy) is 2. The summed E-state index contributed by atoms with van der Waals surface area (Å²) in [6, 6.07) is 5.22. The number of carbonyl (C=O) groups is 2. The van der Waals surface area contributed by atoms with Crippen LogP contribution in [-0.2, 0) is 9.59 Å². The fourth-order valence-corrected chi connectivity index (χ4v) is 4.92. The molecule has 2 fully saturated rings. The van der Waals surface area contributed by atoms with Crippen LogP contribution in [0.2, 0.25) is 0 Å². The van der Waals surface area contributed by atoms with E-state index in [4.69, 9.17) is 9.47 Å². The van der Waals surface area contributed by atoms with Crippen molar-refractivity contribution in [3.05, 3.63) is 18.2 Å². The van der Waals surface area contributed by atoms with Gasteiger partial charge in [-0.1, -0.05) is 20.8 Å². The van der Waals surface area contributed by atoms with Crippen LogP contribution in [0.3, 0.4) is 0 Å². The summed E-state index contributed by atoms with van der Waals surface area (Å²) in [5, 5.41) is 2.69. The first-order valence-corrected chi connectivity index (χ1v) is 9.00. The van der Waals surface area contributed by atoms with Crippen LogP contribution in [-0.4, -0.2) is 43.5 Å². The van der Waals surface area contributed by atoms with Gasteiger partial charge in [0.05, 0.1) is 19.9 Å². The van der Waals surface area contributed by atoms with Gasteiger partial charge in [-0.3, -0.25) is 9.59 Å². The van der Waals surface area contributed by atoms with Crippen LogP contribution in [0.25, 0.3) is 0 Å². The van der Waals surface area contributed by atoms with Gasteiger partial charge in [0.25, 0.3) is 0 Å². The number of likely N-dealkylation sites (tertiary alicyclic amines) is 1. The van der Waals surface area contributed by atoms with Crippen LogP contribution in [0.15, 0.2) is 18.2 Å². The molecule has 2 unspecified atom stereocenters. The van der Waals surface area contributed by atoms with Crippen molar-refractivity contribution in [3.8, 4) is 11.5 Å². The van der Waals surface area contributed by atoms with Gasteiger partial charge in [-0.15, -0.1) is 0 Å². The molecular formula is C20H28N2O4. The molecular weight excluding hydrogens is 332 g/mol. The van der Waals surface area contributed by atoms with Crippen molar-refractivity contribution in [1.82, 2.24) is 4.90 Å². The molecule has 0 radical (unpaired) electrons. The third kappa shape index (κ3) is 3.50. The molecule has 3 rings (SSSR count). The van der Waals surface area contributed by atoms with Crippen LogP contribution in [0.5, 0.6) is 11.5 Å². The number of nitrogens with zero attached hydrogens (tertiary/aromatic N) is 1. The number of anilines is 1. The van der Waals surface area contributed by atoms with Crippen LogP contribution >= 0.6 is 0 Å². The fourth-order valence-electron chi connectivity index (χ4n) is 4.92. The maximum Gasteiger partial charge on any atom is 0.314 e. The molecule has 1 heterocycles. The Morgan fingerprint density at radius 1 is 1.15 bits per heavy atom. The van der Waals surface area contributed by atoms with Crippen LogP contribution < -0.4 is 14.8 Å². The maximum atomic E-state index is 12.8. The van der Waals surface area contributed by atoms with E-state index in [0.29, 0.717) is 23.7 Å². The summed E-state index contributed by atoms with van der Waals surface area (Å²) in [6.45, 7) is 7.35. The zero-order valence-corrected chi connectivity index (χ0v) is 16.2. The molecule has 6 heteroatoms. The average Bonchev–Trinajstić information content (AvgIpc) is 2.82. The molecule has 1 aliphatic carbocycles. The molecule has 2 amide bonds. The first-order chi connectivity index (χ1) is 12.2. The standard InChI is InChI=1S/C20H28N2O4/c1-19(2)9-13-10-20(3,11-19)12-22(13)18(24)17(23)21-15-8-14(25-4)6-7-16(15)26-5/h6-8,13H,9-12H2,1-5H3,(H,21,23). The SMILES string of the molecule is COc1ccc(OC)c(NC(=O)C(=O)N2CC3(C)CC2CC(C)(C)C3)c1. The predicted molar refractivity (Wildman–Crippen MR) is 99.4 cm³/mol. The highest BCUT2D eigenvalue weighted by molar-refractivity contribution is 6.39. The Balaban J connectivity index is 1.76. The lowest BCUT2D eigenvalue weighted by Crippen LogP contribution is -2.43. The van der Waals surface area contributed by atoms with E-state index in [1.54, 1.807) is 30.2 Å². The highest BCUT2D eigenvalue weighted by Gasteiger charge is 2.51. The van der Waals surface area contributed by atoms with Crippen molar-refractivity contribution in [2.24, 2.45) is 10.8 Å². The second-order valence-electron chi connectivity index (χ2n) is 8.67. The quantitative estimate of drug-likeness (QED) is 0.841. The number of methoxy groups -OCH3 is 2. The topological polar surface area (TPSA) is 67.9 Å². The minimum atomic E-state index is -0.634. The number of hydrogen-bond acceptors (Lipinski definition) is 4. The molecule has 2 aliphatic rings. The predicted octanol–water partition coefficient (Wildman–Crippen LogP) is 3.07. The van der Waals surface area contributed by atoms with Gasteiger partial charge < -0.3 is 19.7 Å². The molecule has 2 atom stereocenters. The van der Waals surface area contributed by atoms with E-state index < -0.39 is 11.8 Å². The first kappa shape index (κ1) is 18.5. The van der Waals surface area contributed by atoms with Crippen molar-refractivity contribution in [2.75, 3.05) is 26.1 Å². The summed E-state index contributed by atoms with van der Waals surface area (Å²) in [5.74, 6) is -0.0353. The van der Waals surface area contributed by atoms with E-state index in [-0.39, 0.29) is 16.9 Å². The summed E-state index contributed by atoms with van der Waals surface area (Å²) < 4.78 is 10.5. The van der Waals surface area contributed by atoms with Gasteiger partial charge in [-0.2, -0.15) is 0 Å². The lowest BCUT2D eigenvalue weighted by atomic mass is 9.65. The number of carbonyl (C=O) groups excluding carboxylic acids is 2. The van der Waals surface area contributed by atoms with Gasteiger partial charge >= 0.3 is 11.8 Å². The fraction of sp³-hybridized carbons (Fsp3) is 0.600. The maximum absolute atomic E-state index is 12.8. The molecule has 6 nitrogen and oxygen atoms in total. The van der Waals surface area contributed by atoms with Gasteiger partial charge in [0.1, 0.15) is 11.5 Å². The average molecular weight is 360 g/mol. The van der Waals surface area contributed by atoms with Crippen molar-refractivity contribution < 1.29 is 19.1 Å². The van der Waals surface area contributed by atoms with Crippen molar-refractivity contribution >= 4 is 17.5 Å². The minimum Gasteiger partial charge on any atom is -0.497 e. The Morgan fingerprint density at radius 2 is 1.88 bits per heavy atom. The molecule has 1 N–H and O–H groups in total. The first-order valence-electron chi connectivity index (χ1n) is 9.00. The Labute approximate surface area is 154 Å². The number of nitrogens with one attached hydrogen (secondary N) is 1. The molecule has 1 aromatic carbocycles. The number of fused-ring (bicyclic) bond motifs is 2. The zero-order valence-electron chi connectivity index (χ0n) is 16.2. The van der Waals surface area contributed by atoms with E-state index >= 15 is 0 Å². The highest BCUT2D eigenvalue weighted by atomic mass is 16.5. The summed E-state index contributed by atoms with van der Waals surface area (Å²) >= 11 is 0. The van der Waals surface area contributed by atoms with Crippen LogP contribution in [0, 0.1) is 10.8 Å². The highest BCUT2D eigenvalue weighted by Crippen LogP contribution is 2.52. The van der Waals surface area contributed by atoms with E-state index in [0.717, 1.165) is 19.3 Å². The second-order valence-corrected chi connectivity index (χ2v) is 8.67. The van der Waals surface area contributed by atoms with Gasteiger partial charge in [0.2, 0.25) is 0 Å². The lowest BCUT2D eigenvalue weighted by molar-refractivity contribution is -0.144.